The number of benzene rings is 1. The number of halogens is 1. The van der Waals surface area contributed by atoms with Crippen molar-refractivity contribution in [1.82, 2.24) is 14.6 Å². The van der Waals surface area contributed by atoms with E-state index in [9.17, 15) is 9.18 Å². The zero-order valence-corrected chi connectivity index (χ0v) is 8.72. The lowest BCUT2D eigenvalue weighted by Gasteiger charge is -2.02. The van der Waals surface area contributed by atoms with Crippen LogP contribution in [0.3, 0.4) is 0 Å². The van der Waals surface area contributed by atoms with E-state index < -0.39 is 0 Å². The van der Waals surface area contributed by atoms with Gasteiger partial charge in [-0.3, -0.25) is 4.79 Å². The van der Waals surface area contributed by atoms with E-state index in [-0.39, 0.29) is 11.4 Å². The van der Waals surface area contributed by atoms with Gasteiger partial charge in [0.1, 0.15) is 11.5 Å². The van der Waals surface area contributed by atoms with E-state index in [1.807, 2.05) is 0 Å². The van der Waals surface area contributed by atoms with Crippen molar-refractivity contribution in [2.45, 2.75) is 0 Å². The Balaban J connectivity index is 2.23. The number of hydrogen-bond donors (Lipinski definition) is 1. The van der Waals surface area contributed by atoms with Gasteiger partial charge in [0, 0.05) is 12.1 Å². The van der Waals surface area contributed by atoms with E-state index in [4.69, 9.17) is 0 Å². The van der Waals surface area contributed by atoms with Gasteiger partial charge in [0.2, 0.25) is 0 Å². The lowest BCUT2D eigenvalue weighted by Crippen LogP contribution is -2.13. The molecule has 2 aromatic heterocycles. The van der Waals surface area contributed by atoms with Crippen molar-refractivity contribution in [3.8, 4) is 11.3 Å². The fourth-order valence-electron chi connectivity index (χ4n) is 1.72. The summed E-state index contributed by atoms with van der Waals surface area (Å²) in [5.41, 5.74) is 1.79. The summed E-state index contributed by atoms with van der Waals surface area (Å²) in [6, 6.07) is 9.09. The summed E-state index contributed by atoms with van der Waals surface area (Å²) in [7, 11) is 0. The first-order valence-electron chi connectivity index (χ1n) is 5.07. The molecule has 0 radical (unpaired) electrons. The second-order valence-corrected chi connectivity index (χ2v) is 3.66. The largest absolute Gasteiger partial charge is 0.339 e. The molecule has 0 amide bonds. The normalized spacial score (nSPS) is 10.9. The number of H-pyrrole nitrogens is 1. The van der Waals surface area contributed by atoms with Crippen LogP contribution in [-0.4, -0.2) is 14.6 Å². The summed E-state index contributed by atoms with van der Waals surface area (Å²) in [5, 5.41) is 3.88. The Hall–Kier alpha value is -2.43. The summed E-state index contributed by atoms with van der Waals surface area (Å²) in [6.45, 7) is 0. The number of nitrogens with zero attached hydrogens (tertiary/aromatic N) is 2. The van der Waals surface area contributed by atoms with Gasteiger partial charge in [-0.15, -0.1) is 0 Å². The van der Waals surface area contributed by atoms with Crippen molar-refractivity contribution in [2.24, 2.45) is 0 Å². The molecule has 1 aromatic carbocycles. The van der Waals surface area contributed by atoms with Crippen molar-refractivity contribution >= 4 is 5.65 Å². The van der Waals surface area contributed by atoms with Crippen LogP contribution < -0.4 is 5.56 Å². The molecule has 0 spiro atoms. The first-order valence-corrected chi connectivity index (χ1v) is 5.07. The minimum absolute atomic E-state index is 0.219. The third-order valence-corrected chi connectivity index (χ3v) is 2.54. The maximum Gasteiger partial charge on any atom is 0.274 e. The standard InChI is InChI=1S/C12H8FN3O/c13-9-3-1-8(2-4-9)10-7-12(17)16-11(15-10)5-6-14-16/h1-7,15H. The predicted octanol–water partition coefficient (Wildman–Crippen LogP) is 1.83. The van der Waals surface area contributed by atoms with Gasteiger partial charge in [-0.25, -0.2) is 4.39 Å². The predicted molar refractivity (Wildman–Crippen MR) is 61.2 cm³/mol. The smallest absolute Gasteiger partial charge is 0.274 e. The lowest BCUT2D eigenvalue weighted by atomic mass is 10.1. The summed E-state index contributed by atoms with van der Waals surface area (Å²) < 4.78 is 14.1. The van der Waals surface area contributed by atoms with Crippen LogP contribution in [0, 0.1) is 5.82 Å². The molecule has 0 atom stereocenters. The molecule has 0 bridgehead atoms. The molecule has 0 aliphatic rings. The van der Waals surface area contributed by atoms with Gasteiger partial charge < -0.3 is 4.98 Å². The first kappa shape index (κ1) is 9.77. The maximum atomic E-state index is 12.8. The second-order valence-electron chi connectivity index (χ2n) is 3.66. The molecule has 84 valence electrons. The Bertz CT molecular complexity index is 727. The molecule has 0 unspecified atom stereocenters. The van der Waals surface area contributed by atoms with Crippen molar-refractivity contribution in [3.05, 3.63) is 58.8 Å². The van der Waals surface area contributed by atoms with Gasteiger partial charge in [-0.1, -0.05) is 0 Å². The van der Waals surface area contributed by atoms with E-state index in [1.165, 1.54) is 22.7 Å². The van der Waals surface area contributed by atoms with Crippen LogP contribution in [0.15, 0.2) is 47.4 Å². The molecule has 0 saturated heterocycles. The van der Waals surface area contributed by atoms with Crippen LogP contribution in [0.5, 0.6) is 0 Å². The van der Waals surface area contributed by atoms with Gasteiger partial charge in [0.15, 0.2) is 0 Å². The molecule has 0 fully saturated rings. The molecule has 2 heterocycles. The Labute approximate surface area is 95.3 Å². The zero-order chi connectivity index (χ0) is 11.8. The minimum atomic E-state index is -0.304. The fraction of sp³-hybridized carbons (Fsp3) is 0. The Kier molecular flexibility index (Phi) is 2.04. The van der Waals surface area contributed by atoms with E-state index in [0.29, 0.717) is 11.3 Å². The van der Waals surface area contributed by atoms with Gasteiger partial charge >= 0.3 is 0 Å². The average Bonchev–Trinajstić information content (AvgIpc) is 2.78. The van der Waals surface area contributed by atoms with Crippen molar-refractivity contribution in [2.75, 3.05) is 0 Å². The molecule has 3 rings (SSSR count). The van der Waals surface area contributed by atoms with Gasteiger partial charge in [0.25, 0.3) is 5.56 Å². The molecule has 4 nitrogen and oxygen atoms in total. The molecule has 5 heteroatoms. The number of rotatable bonds is 1. The van der Waals surface area contributed by atoms with Crippen LogP contribution in [0.2, 0.25) is 0 Å². The zero-order valence-electron chi connectivity index (χ0n) is 8.72. The monoisotopic (exact) mass is 229 g/mol. The Morgan fingerprint density at radius 3 is 2.71 bits per heavy atom. The van der Waals surface area contributed by atoms with Gasteiger partial charge in [0.05, 0.1) is 11.9 Å². The highest BCUT2D eigenvalue weighted by molar-refractivity contribution is 5.61. The topological polar surface area (TPSA) is 50.2 Å². The van der Waals surface area contributed by atoms with Crippen LogP contribution in [-0.2, 0) is 0 Å². The average molecular weight is 229 g/mol. The molecule has 3 aromatic rings. The Morgan fingerprint density at radius 2 is 1.94 bits per heavy atom. The van der Waals surface area contributed by atoms with Gasteiger partial charge in [-0.2, -0.15) is 9.61 Å². The highest BCUT2D eigenvalue weighted by atomic mass is 19.1. The highest BCUT2D eigenvalue weighted by Gasteiger charge is 2.04. The number of aromatic amines is 1. The number of hydrogen-bond acceptors (Lipinski definition) is 2. The van der Waals surface area contributed by atoms with E-state index in [1.54, 1.807) is 24.4 Å². The number of fused-ring (bicyclic) bond motifs is 1. The molecule has 17 heavy (non-hydrogen) atoms. The minimum Gasteiger partial charge on any atom is -0.339 e. The third kappa shape index (κ3) is 1.61. The van der Waals surface area contributed by atoms with E-state index in [2.05, 4.69) is 10.1 Å². The lowest BCUT2D eigenvalue weighted by molar-refractivity contribution is 0.628. The van der Waals surface area contributed by atoms with Crippen molar-refractivity contribution in [3.63, 3.8) is 0 Å². The van der Waals surface area contributed by atoms with Gasteiger partial charge in [-0.05, 0) is 29.8 Å². The molecule has 0 saturated carbocycles. The molecule has 0 aliphatic carbocycles. The molecular formula is C12H8FN3O. The second kappa shape index (κ2) is 3.55. The van der Waals surface area contributed by atoms with E-state index >= 15 is 0 Å². The number of nitrogens with one attached hydrogen (secondary N) is 1. The molecule has 1 N–H and O–H groups in total. The SMILES string of the molecule is O=c1cc(-c2ccc(F)cc2)[nH]c2ccnn12. The van der Waals surface area contributed by atoms with Crippen LogP contribution in [0.1, 0.15) is 0 Å². The highest BCUT2D eigenvalue weighted by Crippen LogP contribution is 2.16. The summed E-state index contributed by atoms with van der Waals surface area (Å²) in [6.07, 6.45) is 1.54. The fourth-order valence-corrected chi connectivity index (χ4v) is 1.72. The first-order chi connectivity index (χ1) is 8.24. The maximum absolute atomic E-state index is 12.8. The number of aromatic nitrogens is 3. The molecule has 0 aliphatic heterocycles. The van der Waals surface area contributed by atoms with E-state index in [0.717, 1.165) is 5.56 Å². The van der Waals surface area contributed by atoms with Crippen molar-refractivity contribution in [1.29, 1.82) is 0 Å². The molecular weight excluding hydrogens is 221 g/mol. The quantitative estimate of drug-likeness (QED) is 0.692. The van der Waals surface area contributed by atoms with Crippen LogP contribution in [0.25, 0.3) is 16.9 Å². The summed E-state index contributed by atoms with van der Waals surface area (Å²) in [4.78, 5) is 14.8. The Morgan fingerprint density at radius 1 is 1.18 bits per heavy atom. The summed E-state index contributed by atoms with van der Waals surface area (Å²) in [5.74, 6) is -0.304. The van der Waals surface area contributed by atoms with Crippen LogP contribution in [0.4, 0.5) is 4.39 Å². The summed E-state index contributed by atoms with van der Waals surface area (Å²) >= 11 is 0. The third-order valence-electron chi connectivity index (χ3n) is 2.54. The van der Waals surface area contributed by atoms with Crippen molar-refractivity contribution < 1.29 is 4.39 Å². The van der Waals surface area contributed by atoms with Crippen LogP contribution >= 0.6 is 0 Å².